The second-order valence-corrected chi connectivity index (χ2v) is 4.19. The molecule has 0 atom stereocenters. The maximum atomic E-state index is 11.5. The molecule has 0 spiro atoms. The zero-order chi connectivity index (χ0) is 9.19. The molecule has 1 aliphatic carbocycles. The van der Waals surface area contributed by atoms with Gasteiger partial charge in [0, 0.05) is 12.6 Å². The summed E-state index contributed by atoms with van der Waals surface area (Å²) >= 11 is 0. The molecule has 3 N–H and O–H groups in total. The quantitative estimate of drug-likeness (QED) is 0.653. The van der Waals surface area contributed by atoms with Crippen LogP contribution in [0.1, 0.15) is 33.1 Å². The average Bonchev–Trinajstić information content (AvgIpc) is 1.96. The SMILES string of the molecule is CC(C)(CN)C(=O)NC1CCC1. The van der Waals surface area contributed by atoms with Gasteiger partial charge in [-0.25, -0.2) is 0 Å². The third-order valence-corrected chi connectivity index (χ3v) is 2.57. The maximum Gasteiger partial charge on any atom is 0.227 e. The van der Waals surface area contributed by atoms with Crippen LogP contribution in [-0.2, 0) is 4.79 Å². The van der Waals surface area contributed by atoms with E-state index >= 15 is 0 Å². The van der Waals surface area contributed by atoms with Crippen molar-refractivity contribution in [2.75, 3.05) is 6.54 Å². The first-order chi connectivity index (χ1) is 5.56. The van der Waals surface area contributed by atoms with Crippen LogP contribution in [0.3, 0.4) is 0 Å². The Labute approximate surface area is 73.7 Å². The molecule has 12 heavy (non-hydrogen) atoms. The summed E-state index contributed by atoms with van der Waals surface area (Å²) in [7, 11) is 0. The highest BCUT2D eigenvalue weighted by atomic mass is 16.2. The van der Waals surface area contributed by atoms with E-state index < -0.39 is 5.41 Å². The van der Waals surface area contributed by atoms with Gasteiger partial charge in [0.15, 0.2) is 0 Å². The van der Waals surface area contributed by atoms with Gasteiger partial charge >= 0.3 is 0 Å². The highest BCUT2D eigenvalue weighted by Crippen LogP contribution is 2.20. The van der Waals surface area contributed by atoms with Crippen LogP contribution in [0.5, 0.6) is 0 Å². The highest BCUT2D eigenvalue weighted by molar-refractivity contribution is 5.82. The molecular weight excluding hydrogens is 152 g/mol. The Morgan fingerprint density at radius 1 is 1.58 bits per heavy atom. The second kappa shape index (κ2) is 3.44. The summed E-state index contributed by atoms with van der Waals surface area (Å²) in [5, 5.41) is 2.99. The first-order valence-corrected chi connectivity index (χ1v) is 4.57. The van der Waals surface area contributed by atoms with Crippen molar-refractivity contribution in [1.82, 2.24) is 5.32 Å². The molecule has 0 radical (unpaired) electrons. The van der Waals surface area contributed by atoms with Crippen LogP contribution in [0.25, 0.3) is 0 Å². The summed E-state index contributed by atoms with van der Waals surface area (Å²) in [6.07, 6.45) is 3.51. The summed E-state index contributed by atoms with van der Waals surface area (Å²) in [6, 6.07) is 0.420. The zero-order valence-corrected chi connectivity index (χ0v) is 7.89. The number of carbonyl (C=O) groups excluding carboxylic acids is 1. The van der Waals surface area contributed by atoms with E-state index in [1.165, 1.54) is 6.42 Å². The fourth-order valence-corrected chi connectivity index (χ4v) is 1.03. The highest BCUT2D eigenvalue weighted by Gasteiger charge is 2.29. The molecule has 0 aromatic carbocycles. The normalized spacial score (nSPS) is 18.6. The van der Waals surface area contributed by atoms with Gasteiger partial charge in [-0.3, -0.25) is 4.79 Å². The van der Waals surface area contributed by atoms with Crippen LogP contribution in [0.2, 0.25) is 0 Å². The number of rotatable bonds is 3. The Hall–Kier alpha value is -0.570. The maximum absolute atomic E-state index is 11.5. The van der Waals surface area contributed by atoms with Crippen molar-refractivity contribution in [2.24, 2.45) is 11.1 Å². The van der Waals surface area contributed by atoms with E-state index in [4.69, 9.17) is 5.73 Å². The zero-order valence-electron chi connectivity index (χ0n) is 7.89. The molecule has 1 saturated carbocycles. The van der Waals surface area contributed by atoms with Gasteiger partial charge in [-0.05, 0) is 33.1 Å². The molecule has 0 heterocycles. The van der Waals surface area contributed by atoms with Gasteiger partial charge in [-0.1, -0.05) is 0 Å². The molecular formula is C9H18N2O. The van der Waals surface area contributed by atoms with E-state index in [9.17, 15) is 4.79 Å². The number of nitrogens with two attached hydrogens (primary N) is 1. The number of hydrogen-bond acceptors (Lipinski definition) is 2. The molecule has 1 rings (SSSR count). The van der Waals surface area contributed by atoms with Crippen molar-refractivity contribution in [2.45, 2.75) is 39.2 Å². The topological polar surface area (TPSA) is 55.1 Å². The minimum atomic E-state index is -0.407. The predicted molar refractivity (Wildman–Crippen MR) is 48.6 cm³/mol. The van der Waals surface area contributed by atoms with Crippen LogP contribution in [0.4, 0.5) is 0 Å². The second-order valence-electron chi connectivity index (χ2n) is 4.19. The minimum Gasteiger partial charge on any atom is -0.353 e. The predicted octanol–water partition coefficient (Wildman–Crippen LogP) is 0.640. The van der Waals surface area contributed by atoms with E-state index in [1.807, 2.05) is 13.8 Å². The van der Waals surface area contributed by atoms with Crippen LogP contribution >= 0.6 is 0 Å². The largest absolute Gasteiger partial charge is 0.353 e. The fourth-order valence-electron chi connectivity index (χ4n) is 1.03. The summed E-state index contributed by atoms with van der Waals surface area (Å²) < 4.78 is 0. The van der Waals surface area contributed by atoms with Crippen LogP contribution in [0, 0.1) is 5.41 Å². The lowest BCUT2D eigenvalue weighted by molar-refractivity contribution is -0.130. The molecule has 0 saturated heterocycles. The van der Waals surface area contributed by atoms with Crippen molar-refractivity contribution < 1.29 is 4.79 Å². The van der Waals surface area contributed by atoms with Gasteiger partial charge < -0.3 is 11.1 Å². The fraction of sp³-hybridized carbons (Fsp3) is 0.889. The summed E-state index contributed by atoms with van der Waals surface area (Å²) in [5.74, 6) is 0.0923. The molecule has 0 aromatic heterocycles. The van der Waals surface area contributed by atoms with Crippen molar-refractivity contribution in [1.29, 1.82) is 0 Å². The Bertz CT molecular complexity index is 173. The van der Waals surface area contributed by atoms with Crippen molar-refractivity contribution >= 4 is 5.91 Å². The third kappa shape index (κ3) is 1.97. The van der Waals surface area contributed by atoms with Gasteiger partial charge in [0.25, 0.3) is 0 Å². The number of amides is 1. The molecule has 0 aliphatic heterocycles. The van der Waals surface area contributed by atoms with Crippen molar-refractivity contribution in [3.8, 4) is 0 Å². The van der Waals surface area contributed by atoms with Gasteiger partial charge in [0.2, 0.25) is 5.91 Å². The van der Waals surface area contributed by atoms with Crippen molar-refractivity contribution in [3.63, 3.8) is 0 Å². The summed E-state index contributed by atoms with van der Waals surface area (Å²) in [6.45, 7) is 4.16. The number of carbonyl (C=O) groups is 1. The smallest absolute Gasteiger partial charge is 0.227 e. The van der Waals surface area contributed by atoms with Crippen LogP contribution < -0.4 is 11.1 Å². The van der Waals surface area contributed by atoms with Crippen molar-refractivity contribution in [3.05, 3.63) is 0 Å². The third-order valence-electron chi connectivity index (χ3n) is 2.57. The molecule has 1 amide bonds. The molecule has 70 valence electrons. The molecule has 1 fully saturated rings. The molecule has 0 unspecified atom stereocenters. The van der Waals surface area contributed by atoms with E-state index in [-0.39, 0.29) is 5.91 Å². The molecule has 0 aromatic rings. The van der Waals surface area contributed by atoms with Crippen LogP contribution in [-0.4, -0.2) is 18.5 Å². The Kier molecular flexibility index (Phi) is 2.73. The standard InChI is InChI=1S/C9H18N2O/c1-9(2,6-10)8(12)11-7-4-3-5-7/h7H,3-6,10H2,1-2H3,(H,11,12). The Morgan fingerprint density at radius 2 is 2.17 bits per heavy atom. The number of hydrogen-bond donors (Lipinski definition) is 2. The Balaban J connectivity index is 2.35. The van der Waals surface area contributed by atoms with Crippen LogP contribution in [0.15, 0.2) is 0 Å². The monoisotopic (exact) mass is 170 g/mol. The first-order valence-electron chi connectivity index (χ1n) is 4.57. The average molecular weight is 170 g/mol. The molecule has 3 heteroatoms. The summed E-state index contributed by atoms with van der Waals surface area (Å²) in [4.78, 5) is 11.5. The lowest BCUT2D eigenvalue weighted by Crippen LogP contribution is -2.48. The van der Waals surface area contributed by atoms with E-state index in [1.54, 1.807) is 0 Å². The molecule has 1 aliphatic rings. The molecule has 3 nitrogen and oxygen atoms in total. The molecule has 0 bridgehead atoms. The lowest BCUT2D eigenvalue weighted by atomic mass is 9.88. The van der Waals surface area contributed by atoms with Gasteiger partial charge in [-0.15, -0.1) is 0 Å². The van der Waals surface area contributed by atoms with E-state index in [2.05, 4.69) is 5.32 Å². The van der Waals surface area contributed by atoms with E-state index in [0.717, 1.165) is 12.8 Å². The van der Waals surface area contributed by atoms with Gasteiger partial charge in [-0.2, -0.15) is 0 Å². The minimum absolute atomic E-state index is 0.0923. The van der Waals surface area contributed by atoms with Gasteiger partial charge in [0.05, 0.1) is 5.41 Å². The number of nitrogens with one attached hydrogen (secondary N) is 1. The Morgan fingerprint density at radius 3 is 2.50 bits per heavy atom. The van der Waals surface area contributed by atoms with E-state index in [0.29, 0.717) is 12.6 Å². The van der Waals surface area contributed by atoms with Gasteiger partial charge in [0.1, 0.15) is 0 Å². The summed E-state index contributed by atoms with van der Waals surface area (Å²) in [5.41, 5.74) is 5.07. The first kappa shape index (κ1) is 9.52. The lowest BCUT2D eigenvalue weighted by Gasteiger charge is -2.30.